The van der Waals surface area contributed by atoms with Gasteiger partial charge in [0.15, 0.2) is 0 Å². The highest BCUT2D eigenvalue weighted by atomic mass is 79.9. The standard InChI is InChI=1S/C15H15BrClNOS/c16-11-6-13(20-9-11)8-19-15-10(2-1-3-14(15)17)7-18-12-4-5-12/h1-3,6,9,12,18H,4-5,7-8H2. The first kappa shape index (κ1) is 14.4. The Balaban J connectivity index is 1.69. The van der Waals surface area contributed by atoms with Gasteiger partial charge in [-0.05, 0) is 40.9 Å². The highest BCUT2D eigenvalue weighted by Gasteiger charge is 2.21. The summed E-state index contributed by atoms with van der Waals surface area (Å²) in [6.07, 6.45) is 2.56. The molecule has 106 valence electrons. The molecule has 1 saturated carbocycles. The second-order valence-electron chi connectivity index (χ2n) is 4.90. The highest BCUT2D eigenvalue weighted by molar-refractivity contribution is 9.10. The van der Waals surface area contributed by atoms with Crippen LogP contribution in [0, 0.1) is 0 Å². The normalized spacial score (nSPS) is 14.5. The molecule has 0 unspecified atom stereocenters. The molecular weight excluding hydrogens is 358 g/mol. The maximum Gasteiger partial charge on any atom is 0.142 e. The summed E-state index contributed by atoms with van der Waals surface area (Å²) < 4.78 is 7.03. The van der Waals surface area contributed by atoms with Crippen molar-refractivity contribution in [2.24, 2.45) is 0 Å². The van der Waals surface area contributed by atoms with Gasteiger partial charge in [-0.15, -0.1) is 11.3 Å². The van der Waals surface area contributed by atoms with Gasteiger partial charge in [0.2, 0.25) is 0 Å². The zero-order valence-corrected chi connectivity index (χ0v) is 14.0. The van der Waals surface area contributed by atoms with Crippen LogP contribution in [-0.4, -0.2) is 6.04 Å². The molecule has 3 rings (SSSR count). The van der Waals surface area contributed by atoms with Gasteiger partial charge in [0.25, 0.3) is 0 Å². The van der Waals surface area contributed by atoms with E-state index in [1.54, 1.807) is 11.3 Å². The number of halogens is 2. The fourth-order valence-corrected chi connectivity index (χ4v) is 3.58. The lowest BCUT2D eigenvalue weighted by Crippen LogP contribution is -2.16. The van der Waals surface area contributed by atoms with Gasteiger partial charge in [0.05, 0.1) is 5.02 Å². The molecule has 0 radical (unpaired) electrons. The van der Waals surface area contributed by atoms with E-state index in [1.165, 1.54) is 17.7 Å². The number of benzene rings is 1. The van der Waals surface area contributed by atoms with E-state index in [4.69, 9.17) is 16.3 Å². The largest absolute Gasteiger partial charge is 0.486 e. The topological polar surface area (TPSA) is 21.3 Å². The molecule has 1 fully saturated rings. The molecule has 0 bridgehead atoms. The van der Waals surface area contributed by atoms with Crippen LogP contribution >= 0.6 is 38.9 Å². The summed E-state index contributed by atoms with van der Waals surface area (Å²) in [5, 5.41) is 6.23. The molecule has 1 aliphatic rings. The average molecular weight is 373 g/mol. The van der Waals surface area contributed by atoms with Crippen molar-refractivity contribution in [1.82, 2.24) is 5.32 Å². The second kappa shape index (κ2) is 6.48. The molecule has 0 aliphatic heterocycles. The van der Waals surface area contributed by atoms with E-state index >= 15 is 0 Å². The number of nitrogens with one attached hydrogen (secondary N) is 1. The number of hydrogen-bond donors (Lipinski definition) is 1. The van der Waals surface area contributed by atoms with Crippen molar-refractivity contribution < 1.29 is 4.74 Å². The lowest BCUT2D eigenvalue weighted by atomic mass is 10.2. The molecule has 1 aromatic heterocycles. The lowest BCUT2D eigenvalue weighted by Gasteiger charge is -2.13. The second-order valence-corrected chi connectivity index (χ2v) is 7.22. The molecule has 0 atom stereocenters. The SMILES string of the molecule is Clc1cccc(CNC2CC2)c1OCc1cc(Br)cs1. The quantitative estimate of drug-likeness (QED) is 0.771. The molecule has 0 spiro atoms. The van der Waals surface area contributed by atoms with Crippen molar-refractivity contribution in [3.8, 4) is 5.75 Å². The fraction of sp³-hybridized carbons (Fsp3) is 0.333. The fourth-order valence-electron chi connectivity index (χ4n) is 1.97. The minimum Gasteiger partial charge on any atom is -0.486 e. The smallest absolute Gasteiger partial charge is 0.142 e. The van der Waals surface area contributed by atoms with Crippen LogP contribution < -0.4 is 10.1 Å². The predicted octanol–water partition coefficient (Wildman–Crippen LogP) is 5.00. The lowest BCUT2D eigenvalue weighted by molar-refractivity contribution is 0.306. The summed E-state index contributed by atoms with van der Waals surface area (Å²) >= 11 is 11.4. The molecule has 0 amide bonds. The molecule has 2 nitrogen and oxygen atoms in total. The molecule has 1 aromatic carbocycles. The van der Waals surface area contributed by atoms with Crippen LogP contribution in [0.1, 0.15) is 23.3 Å². The Bertz CT molecular complexity index is 597. The maximum absolute atomic E-state index is 6.27. The molecule has 20 heavy (non-hydrogen) atoms. The van der Waals surface area contributed by atoms with Gasteiger partial charge in [0, 0.05) is 32.9 Å². The van der Waals surface area contributed by atoms with Gasteiger partial charge in [0.1, 0.15) is 12.4 Å². The first-order chi connectivity index (χ1) is 9.72. The Hall–Kier alpha value is -0.550. The summed E-state index contributed by atoms with van der Waals surface area (Å²) in [6, 6.07) is 8.67. The third kappa shape index (κ3) is 3.76. The molecule has 0 saturated heterocycles. The van der Waals surface area contributed by atoms with Crippen LogP contribution in [-0.2, 0) is 13.2 Å². The van der Waals surface area contributed by atoms with Crippen LogP contribution in [0.3, 0.4) is 0 Å². The summed E-state index contributed by atoms with van der Waals surface area (Å²) in [5.41, 5.74) is 1.13. The van der Waals surface area contributed by atoms with Gasteiger partial charge < -0.3 is 10.1 Å². The minimum absolute atomic E-state index is 0.552. The first-order valence-electron chi connectivity index (χ1n) is 6.59. The van der Waals surface area contributed by atoms with Crippen molar-refractivity contribution in [1.29, 1.82) is 0 Å². The Labute approximate surface area is 136 Å². The molecular formula is C15H15BrClNOS. The van der Waals surface area contributed by atoms with Crippen molar-refractivity contribution in [3.63, 3.8) is 0 Å². The van der Waals surface area contributed by atoms with Crippen LogP contribution in [0.15, 0.2) is 34.1 Å². The molecule has 2 aromatic rings. The number of ether oxygens (including phenoxy) is 1. The van der Waals surface area contributed by atoms with Crippen molar-refractivity contribution in [2.75, 3.05) is 0 Å². The Kier molecular flexibility index (Phi) is 4.66. The van der Waals surface area contributed by atoms with E-state index in [2.05, 4.69) is 38.8 Å². The molecule has 1 heterocycles. The maximum atomic E-state index is 6.27. The van der Waals surface area contributed by atoms with Crippen LogP contribution in [0.4, 0.5) is 0 Å². The number of hydrogen-bond acceptors (Lipinski definition) is 3. The van der Waals surface area contributed by atoms with Gasteiger partial charge in [-0.25, -0.2) is 0 Å². The predicted molar refractivity (Wildman–Crippen MR) is 87.7 cm³/mol. The minimum atomic E-state index is 0.552. The van der Waals surface area contributed by atoms with E-state index in [0.717, 1.165) is 22.3 Å². The van der Waals surface area contributed by atoms with E-state index in [0.29, 0.717) is 17.7 Å². The van der Waals surface area contributed by atoms with Gasteiger partial charge in [-0.1, -0.05) is 23.7 Å². The first-order valence-corrected chi connectivity index (χ1v) is 8.64. The number of thiophene rings is 1. The summed E-state index contributed by atoms with van der Waals surface area (Å²) in [7, 11) is 0. The summed E-state index contributed by atoms with van der Waals surface area (Å²) in [4.78, 5) is 1.18. The summed E-state index contributed by atoms with van der Waals surface area (Å²) in [5.74, 6) is 0.798. The number of para-hydroxylation sites is 1. The zero-order chi connectivity index (χ0) is 13.9. The van der Waals surface area contributed by atoms with E-state index in [-0.39, 0.29) is 0 Å². The highest BCUT2D eigenvalue weighted by Crippen LogP contribution is 2.31. The average Bonchev–Trinajstić information content (AvgIpc) is 3.17. The Morgan fingerprint density at radius 1 is 1.40 bits per heavy atom. The molecule has 1 aliphatic carbocycles. The van der Waals surface area contributed by atoms with Crippen molar-refractivity contribution in [2.45, 2.75) is 32.0 Å². The van der Waals surface area contributed by atoms with Crippen molar-refractivity contribution in [3.05, 3.63) is 49.6 Å². The Morgan fingerprint density at radius 2 is 2.25 bits per heavy atom. The van der Waals surface area contributed by atoms with E-state index < -0.39 is 0 Å². The van der Waals surface area contributed by atoms with Crippen molar-refractivity contribution >= 4 is 38.9 Å². The third-order valence-electron chi connectivity index (χ3n) is 3.19. The van der Waals surface area contributed by atoms with Crippen LogP contribution in [0.5, 0.6) is 5.75 Å². The van der Waals surface area contributed by atoms with Gasteiger partial charge in [-0.3, -0.25) is 0 Å². The molecule has 5 heteroatoms. The Morgan fingerprint density at radius 3 is 2.95 bits per heavy atom. The van der Waals surface area contributed by atoms with Crippen LogP contribution in [0.2, 0.25) is 5.02 Å². The number of rotatable bonds is 6. The zero-order valence-electron chi connectivity index (χ0n) is 10.9. The summed E-state index contributed by atoms with van der Waals surface area (Å²) in [6.45, 7) is 1.37. The van der Waals surface area contributed by atoms with E-state index in [9.17, 15) is 0 Å². The van der Waals surface area contributed by atoms with Gasteiger partial charge >= 0.3 is 0 Å². The van der Waals surface area contributed by atoms with Gasteiger partial charge in [-0.2, -0.15) is 0 Å². The van der Waals surface area contributed by atoms with E-state index in [1.807, 2.05) is 12.1 Å². The monoisotopic (exact) mass is 371 g/mol. The van der Waals surface area contributed by atoms with Crippen LogP contribution in [0.25, 0.3) is 0 Å². The third-order valence-corrected chi connectivity index (χ3v) is 5.16. The molecule has 1 N–H and O–H groups in total.